The number of carbonyl (C=O) groups excluding carboxylic acids is 1. The van der Waals surface area contributed by atoms with Crippen LogP contribution in [0.15, 0.2) is 24.3 Å². The van der Waals surface area contributed by atoms with Gasteiger partial charge in [0.1, 0.15) is 5.75 Å². The van der Waals surface area contributed by atoms with Crippen LogP contribution in [-0.2, 0) is 0 Å². The Labute approximate surface area is 158 Å². The minimum absolute atomic E-state index is 0.0126. The first-order valence-corrected chi connectivity index (χ1v) is 9.51. The van der Waals surface area contributed by atoms with Gasteiger partial charge in [-0.15, -0.1) is 0 Å². The van der Waals surface area contributed by atoms with Crippen LogP contribution in [0.25, 0.3) is 5.69 Å². The Balaban J connectivity index is 1.54. The molecule has 2 saturated heterocycles. The van der Waals surface area contributed by atoms with E-state index in [1.165, 1.54) is 0 Å². The van der Waals surface area contributed by atoms with E-state index < -0.39 is 0 Å². The Morgan fingerprint density at radius 3 is 2.70 bits per heavy atom. The van der Waals surface area contributed by atoms with Crippen molar-refractivity contribution < 1.29 is 15.0 Å². The standard InChI is InChI=1S/C20H26N4O3/c1-13-19(14(2)24(21-13)15-4-3-5-17(25)10-15)20(27)23-8-6-16(11-23)22-9-7-18(26)12-22/h3-5,10,16,18,25-26H,6-9,11-12H2,1-2H3/t16?,18-/m1/s1. The van der Waals surface area contributed by atoms with Gasteiger partial charge in [-0.05, 0) is 38.8 Å². The van der Waals surface area contributed by atoms with Crippen LogP contribution in [0.4, 0.5) is 0 Å². The first kappa shape index (κ1) is 18.0. The minimum atomic E-state index is -0.236. The molecule has 1 unspecified atom stereocenters. The molecule has 4 rings (SSSR count). The largest absolute Gasteiger partial charge is 0.508 e. The highest BCUT2D eigenvalue weighted by atomic mass is 16.3. The Bertz CT molecular complexity index is 863. The van der Waals surface area contributed by atoms with Gasteiger partial charge in [0.05, 0.1) is 28.7 Å². The summed E-state index contributed by atoms with van der Waals surface area (Å²) in [5.74, 6) is 0.182. The lowest BCUT2D eigenvalue weighted by Gasteiger charge is -2.23. The average molecular weight is 370 g/mol. The minimum Gasteiger partial charge on any atom is -0.508 e. The van der Waals surface area contributed by atoms with Crippen LogP contribution < -0.4 is 0 Å². The van der Waals surface area contributed by atoms with Crippen LogP contribution in [0.1, 0.15) is 34.6 Å². The summed E-state index contributed by atoms with van der Waals surface area (Å²) in [5.41, 5.74) is 2.85. The maximum Gasteiger partial charge on any atom is 0.257 e. The number of aliphatic hydroxyl groups is 1. The molecule has 0 saturated carbocycles. The topological polar surface area (TPSA) is 81.8 Å². The van der Waals surface area contributed by atoms with Gasteiger partial charge in [-0.1, -0.05) is 6.07 Å². The van der Waals surface area contributed by atoms with Crippen LogP contribution in [0.5, 0.6) is 5.75 Å². The predicted molar refractivity (Wildman–Crippen MR) is 101 cm³/mol. The van der Waals surface area contributed by atoms with E-state index in [9.17, 15) is 15.0 Å². The Morgan fingerprint density at radius 1 is 1.19 bits per heavy atom. The van der Waals surface area contributed by atoms with Gasteiger partial charge in [0.15, 0.2) is 0 Å². The average Bonchev–Trinajstić information content (AvgIpc) is 3.34. The van der Waals surface area contributed by atoms with Gasteiger partial charge in [0.2, 0.25) is 0 Å². The molecule has 1 aromatic heterocycles. The molecular weight excluding hydrogens is 344 g/mol. The third-order valence-electron chi connectivity index (χ3n) is 5.74. The van der Waals surface area contributed by atoms with E-state index in [4.69, 9.17) is 0 Å². The van der Waals surface area contributed by atoms with E-state index in [-0.39, 0.29) is 17.8 Å². The van der Waals surface area contributed by atoms with Crippen molar-refractivity contribution in [1.29, 1.82) is 0 Å². The molecule has 0 radical (unpaired) electrons. The van der Waals surface area contributed by atoms with E-state index >= 15 is 0 Å². The van der Waals surface area contributed by atoms with Crippen molar-refractivity contribution in [3.8, 4) is 11.4 Å². The van der Waals surface area contributed by atoms with Crippen molar-refractivity contribution in [2.24, 2.45) is 0 Å². The first-order valence-electron chi connectivity index (χ1n) is 9.51. The van der Waals surface area contributed by atoms with Gasteiger partial charge in [0.25, 0.3) is 5.91 Å². The second-order valence-electron chi connectivity index (χ2n) is 7.61. The lowest BCUT2D eigenvalue weighted by atomic mass is 10.1. The van der Waals surface area contributed by atoms with Crippen LogP contribution >= 0.6 is 0 Å². The molecule has 1 aromatic carbocycles. The van der Waals surface area contributed by atoms with Crippen molar-refractivity contribution in [2.75, 3.05) is 26.2 Å². The fourth-order valence-electron chi connectivity index (χ4n) is 4.31. The molecule has 0 aliphatic carbocycles. The number of amides is 1. The summed E-state index contributed by atoms with van der Waals surface area (Å²) in [6.07, 6.45) is 1.52. The fraction of sp³-hybridized carbons (Fsp3) is 0.500. The number of aliphatic hydroxyl groups excluding tert-OH is 1. The summed E-state index contributed by atoms with van der Waals surface area (Å²) in [6, 6.07) is 7.20. The molecule has 1 amide bonds. The van der Waals surface area contributed by atoms with Gasteiger partial charge < -0.3 is 15.1 Å². The summed E-state index contributed by atoms with van der Waals surface area (Å²) in [6.45, 7) is 6.78. The van der Waals surface area contributed by atoms with Crippen molar-refractivity contribution in [3.63, 3.8) is 0 Å². The number of carbonyl (C=O) groups is 1. The Hall–Kier alpha value is -2.38. The number of rotatable bonds is 3. The number of aryl methyl sites for hydroxylation is 1. The second-order valence-corrected chi connectivity index (χ2v) is 7.61. The normalized spacial score (nSPS) is 23.3. The molecule has 27 heavy (non-hydrogen) atoms. The smallest absolute Gasteiger partial charge is 0.257 e. The van der Waals surface area contributed by atoms with E-state index in [0.717, 1.165) is 37.3 Å². The zero-order valence-electron chi connectivity index (χ0n) is 15.8. The summed E-state index contributed by atoms with van der Waals surface area (Å²) < 4.78 is 1.71. The number of likely N-dealkylation sites (tertiary alicyclic amines) is 2. The molecule has 0 bridgehead atoms. The summed E-state index contributed by atoms with van der Waals surface area (Å²) in [4.78, 5) is 17.4. The van der Waals surface area contributed by atoms with Gasteiger partial charge in [-0.25, -0.2) is 4.68 Å². The van der Waals surface area contributed by atoms with Crippen molar-refractivity contribution in [2.45, 2.75) is 38.8 Å². The van der Waals surface area contributed by atoms with Crippen LogP contribution in [0.2, 0.25) is 0 Å². The number of benzene rings is 1. The van der Waals surface area contributed by atoms with Crippen molar-refractivity contribution in [1.82, 2.24) is 19.6 Å². The van der Waals surface area contributed by atoms with Crippen molar-refractivity contribution in [3.05, 3.63) is 41.2 Å². The zero-order valence-corrected chi connectivity index (χ0v) is 15.8. The number of aromatic nitrogens is 2. The third-order valence-corrected chi connectivity index (χ3v) is 5.74. The highest BCUT2D eigenvalue weighted by molar-refractivity contribution is 5.96. The lowest BCUT2D eigenvalue weighted by Crippen LogP contribution is -2.38. The van der Waals surface area contributed by atoms with Gasteiger partial charge in [0, 0.05) is 38.3 Å². The number of nitrogens with zero attached hydrogens (tertiary/aromatic N) is 4. The lowest BCUT2D eigenvalue weighted by molar-refractivity contribution is 0.0776. The number of aromatic hydroxyl groups is 1. The molecule has 144 valence electrons. The number of phenols is 1. The highest BCUT2D eigenvalue weighted by Crippen LogP contribution is 2.26. The maximum absolute atomic E-state index is 13.2. The summed E-state index contributed by atoms with van der Waals surface area (Å²) >= 11 is 0. The van der Waals surface area contributed by atoms with Gasteiger partial charge >= 0.3 is 0 Å². The number of β-amino-alcohol motifs (C(OH)–C–C–N with tert-alkyl or cyclic N) is 1. The molecule has 0 spiro atoms. The fourth-order valence-corrected chi connectivity index (χ4v) is 4.31. The molecule has 2 atom stereocenters. The quantitative estimate of drug-likeness (QED) is 0.855. The third kappa shape index (κ3) is 3.33. The first-order chi connectivity index (χ1) is 12.9. The molecule has 2 aliphatic heterocycles. The van der Waals surface area contributed by atoms with Crippen LogP contribution in [-0.4, -0.2) is 74.0 Å². The predicted octanol–water partition coefficient (Wildman–Crippen LogP) is 1.48. The Kier molecular flexibility index (Phi) is 4.65. The van der Waals surface area contributed by atoms with Crippen molar-refractivity contribution >= 4 is 5.91 Å². The van der Waals surface area contributed by atoms with E-state index in [0.29, 0.717) is 30.4 Å². The summed E-state index contributed by atoms with van der Waals surface area (Å²) in [7, 11) is 0. The molecular formula is C20H26N4O3. The number of phenolic OH excluding ortho intramolecular Hbond substituents is 1. The van der Waals surface area contributed by atoms with E-state index in [1.807, 2.05) is 24.8 Å². The molecule has 2 fully saturated rings. The van der Waals surface area contributed by atoms with Crippen LogP contribution in [0.3, 0.4) is 0 Å². The maximum atomic E-state index is 13.2. The monoisotopic (exact) mass is 370 g/mol. The molecule has 2 aromatic rings. The van der Waals surface area contributed by atoms with E-state index in [2.05, 4.69) is 10.00 Å². The Morgan fingerprint density at radius 2 is 2.00 bits per heavy atom. The van der Waals surface area contributed by atoms with E-state index in [1.54, 1.807) is 22.9 Å². The highest BCUT2D eigenvalue weighted by Gasteiger charge is 2.35. The second kappa shape index (κ2) is 6.98. The van der Waals surface area contributed by atoms with Crippen LogP contribution in [0, 0.1) is 13.8 Å². The molecule has 2 aliphatic rings. The molecule has 7 nitrogen and oxygen atoms in total. The molecule has 2 N–H and O–H groups in total. The van der Waals surface area contributed by atoms with Gasteiger partial charge in [-0.2, -0.15) is 5.10 Å². The van der Waals surface area contributed by atoms with Gasteiger partial charge in [-0.3, -0.25) is 9.69 Å². The zero-order chi connectivity index (χ0) is 19.1. The SMILES string of the molecule is Cc1nn(-c2cccc(O)c2)c(C)c1C(=O)N1CCC(N2CC[C@@H](O)C2)C1. The summed E-state index contributed by atoms with van der Waals surface area (Å²) in [5, 5.41) is 24.0. The molecule has 3 heterocycles. The number of hydrogen-bond acceptors (Lipinski definition) is 5. The molecule has 7 heteroatoms. The number of hydrogen-bond donors (Lipinski definition) is 2.